The monoisotopic (exact) mass is 307 g/mol. The van der Waals surface area contributed by atoms with E-state index in [4.69, 9.17) is 0 Å². The van der Waals surface area contributed by atoms with Gasteiger partial charge in [-0.05, 0) is 30.2 Å². The maximum absolute atomic E-state index is 13.4. The normalized spacial score (nSPS) is 19.8. The van der Waals surface area contributed by atoms with E-state index in [1.54, 1.807) is 17.0 Å². The van der Waals surface area contributed by atoms with E-state index in [0.29, 0.717) is 25.1 Å². The molecule has 1 heterocycles. The van der Waals surface area contributed by atoms with Crippen molar-refractivity contribution in [1.29, 1.82) is 0 Å². The zero-order valence-electron chi connectivity index (χ0n) is 9.23. The lowest BCUT2D eigenvalue weighted by atomic mass is 10.1. The molecule has 1 aromatic carbocycles. The van der Waals surface area contributed by atoms with Crippen molar-refractivity contribution >= 4 is 15.9 Å². The van der Waals surface area contributed by atoms with Crippen molar-refractivity contribution in [2.75, 3.05) is 19.6 Å². The van der Waals surface area contributed by atoms with Crippen LogP contribution in [-0.4, -0.2) is 30.5 Å². The molecular formula is C12H13BrF3N. The van der Waals surface area contributed by atoms with E-state index >= 15 is 0 Å². The van der Waals surface area contributed by atoms with Crippen molar-refractivity contribution in [3.8, 4) is 0 Å². The molecule has 0 amide bonds. The van der Waals surface area contributed by atoms with E-state index in [0.717, 1.165) is 4.47 Å². The Bertz CT molecular complexity index is 409. The second kappa shape index (κ2) is 4.98. The molecule has 1 fully saturated rings. The van der Waals surface area contributed by atoms with Gasteiger partial charge in [0, 0.05) is 24.0 Å². The van der Waals surface area contributed by atoms with E-state index in [-0.39, 0.29) is 18.8 Å². The van der Waals surface area contributed by atoms with Crippen LogP contribution in [0.2, 0.25) is 0 Å². The Hall–Kier alpha value is -0.550. The number of hydrogen-bond acceptors (Lipinski definition) is 1. The summed E-state index contributed by atoms with van der Waals surface area (Å²) in [7, 11) is 0. The molecule has 1 nitrogen and oxygen atoms in total. The second-order valence-electron chi connectivity index (χ2n) is 4.37. The Kier molecular flexibility index (Phi) is 3.78. The molecule has 1 saturated heterocycles. The minimum Gasteiger partial charge on any atom is -0.297 e. The van der Waals surface area contributed by atoms with Crippen LogP contribution in [0.4, 0.5) is 13.2 Å². The summed E-state index contributed by atoms with van der Waals surface area (Å²) in [4.78, 5) is 1.68. The van der Waals surface area contributed by atoms with E-state index in [1.807, 2.05) is 0 Å². The van der Waals surface area contributed by atoms with Gasteiger partial charge in [0.1, 0.15) is 5.82 Å². The lowest BCUT2D eigenvalue weighted by molar-refractivity contribution is 0.0123. The van der Waals surface area contributed by atoms with Gasteiger partial charge < -0.3 is 0 Å². The summed E-state index contributed by atoms with van der Waals surface area (Å²) in [6, 6.07) is 4.71. The van der Waals surface area contributed by atoms with Crippen LogP contribution in [0.3, 0.4) is 0 Å². The molecule has 0 radical (unpaired) electrons. The standard InChI is InChI=1S/C12H13BrF3N/c13-10-1-2-11(14)9(7-10)3-5-17-6-4-12(15,16)8-17/h1-2,7H,3-6,8H2. The van der Waals surface area contributed by atoms with Crippen molar-refractivity contribution < 1.29 is 13.2 Å². The third-order valence-electron chi connectivity index (χ3n) is 2.95. The largest absolute Gasteiger partial charge is 0.297 e. The van der Waals surface area contributed by atoms with Crippen LogP contribution in [0.5, 0.6) is 0 Å². The first-order valence-electron chi connectivity index (χ1n) is 5.50. The van der Waals surface area contributed by atoms with E-state index in [1.165, 1.54) is 6.07 Å². The van der Waals surface area contributed by atoms with Crippen molar-refractivity contribution in [3.05, 3.63) is 34.1 Å². The highest BCUT2D eigenvalue weighted by Crippen LogP contribution is 2.27. The molecule has 1 aliphatic heterocycles. The predicted molar refractivity (Wildman–Crippen MR) is 63.8 cm³/mol. The zero-order chi connectivity index (χ0) is 12.5. The third-order valence-corrected chi connectivity index (χ3v) is 3.45. The van der Waals surface area contributed by atoms with Crippen LogP contribution in [-0.2, 0) is 6.42 Å². The van der Waals surface area contributed by atoms with Gasteiger partial charge in [-0.2, -0.15) is 0 Å². The highest BCUT2D eigenvalue weighted by atomic mass is 79.9. The minimum absolute atomic E-state index is 0.0893. The minimum atomic E-state index is -2.57. The number of rotatable bonds is 3. The van der Waals surface area contributed by atoms with E-state index in [9.17, 15) is 13.2 Å². The molecule has 0 saturated carbocycles. The van der Waals surface area contributed by atoms with Crippen LogP contribution in [0.25, 0.3) is 0 Å². The SMILES string of the molecule is Fc1ccc(Br)cc1CCN1CCC(F)(F)C1. The molecule has 0 N–H and O–H groups in total. The molecule has 0 unspecified atom stereocenters. The molecule has 94 valence electrons. The Labute approximate surface area is 107 Å². The van der Waals surface area contributed by atoms with Gasteiger partial charge in [0.2, 0.25) is 0 Å². The summed E-state index contributed by atoms with van der Waals surface area (Å²) < 4.78 is 40.1. The Balaban J connectivity index is 1.92. The van der Waals surface area contributed by atoms with Crippen molar-refractivity contribution in [2.45, 2.75) is 18.8 Å². The molecule has 17 heavy (non-hydrogen) atoms. The lowest BCUT2D eigenvalue weighted by Gasteiger charge is -2.15. The highest BCUT2D eigenvalue weighted by Gasteiger charge is 2.37. The summed E-state index contributed by atoms with van der Waals surface area (Å²) in [5, 5.41) is 0. The van der Waals surface area contributed by atoms with Gasteiger partial charge in [0.05, 0.1) is 6.54 Å². The molecule has 2 rings (SSSR count). The van der Waals surface area contributed by atoms with Gasteiger partial charge in [-0.25, -0.2) is 13.2 Å². The van der Waals surface area contributed by atoms with E-state index in [2.05, 4.69) is 15.9 Å². The quantitative estimate of drug-likeness (QED) is 0.826. The van der Waals surface area contributed by atoms with Crippen LogP contribution in [0, 0.1) is 5.82 Å². The third kappa shape index (κ3) is 3.45. The molecule has 1 aromatic rings. The van der Waals surface area contributed by atoms with E-state index < -0.39 is 5.92 Å². The number of hydrogen-bond donors (Lipinski definition) is 0. The van der Waals surface area contributed by atoms with Crippen LogP contribution in [0.15, 0.2) is 22.7 Å². The van der Waals surface area contributed by atoms with Crippen molar-refractivity contribution in [2.24, 2.45) is 0 Å². The summed E-state index contributed by atoms with van der Waals surface area (Å²) >= 11 is 3.27. The molecular weight excluding hydrogens is 295 g/mol. The number of benzene rings is 1. The van der Waals surface area contributed by atoms with Gasteiger partial charge in [-0.1, -0.05) is 15.9 Å². The maximum atomic E-state index is 13.4. The summed E-state index contributed by atoms with van der Waals surface area (Å²) in [5.74, 6) is -2.85. The first-order valence-corrected chi connectivity index (χ1v) is 6.30. The van der Waals surface area contributed by atoms with Crippen LogP contribution >= 0.6 is 15.9 Å². The summed E-state index contributed by atoms with van der Waals surface area (Å²) in [6.45, 7) is 0.661. The highest BCUT2D eigenvalue weighted by molar-refractivity contribution is 9.10. The predicted octanol–water partition coefficient (Wildman–Crippen LogP) is 3.47. The molecule has 1 aliphatic rings. The van der Waals surface area contributed by atoms with Gasteiger partial charge in [0.15, 0.2) is 0 Å². The Morgan fingerprint density at radius 2 is 2.12 bits per heavy atom. The fourth-order valence-corrected chi connectivity index (χ4v) is 2.42. The molecule has 0 aliphatic carbocycles. The molecule has 0 spiro atoms. The van der Waals surface area contributed by atoms with Crippen molar-refractivity contribution in [3.63, 3.8) is 0 Å². The smallest absolute Gasteiger partial charge is 0.261 e. The Morgan fingerprint density at radius 3 is 2.76 bits per heavy atom. The lowest BCUT2D eigenvalue weighted by Crippen LogP contribution is -2.27. The summed E-state index contributed by atoms with van der Waals surface area (Å²) in [5.41, 5.74) is 0.564. The average molecular weight is 308 g/mol. The first-order chi connectivity index (χ1) is 7.96. The second-order valence-corrected chi connectivity index (χ2v) is 5.28. The molecule has 0 atom stereocenters. The molecule has 5 heteroatoms. The zero-order valence-corrected chi connectivity index (χ0v) is 10.8. The molecule has 0 aromatic heterocycles. The van der Waals surface area contributed by atoms with Gasteiger partial charge in [-0.15, -0.1) is 0 Å². The first kappa shape index (κ1) is 12.9. The number of alkyl halides is 2. The van der Waals surface area contributed by atoms with Crippen LogP contribution in [0.1, 0.15) is 12.0 Å². The van der Waals surface area contributed by atoms with Crippen LogP contribution < -0.4 is 0 Å². The summed E-state index contributed by atoms with van der Waals surface area (Å²) in [6.07, 6.45) is 0.370. The van der Waals surface area contributed by atoms with Crippen molar-refractivity contribution in [1.82, 2.24) is 4.90 Å². The maximum Gasteiger partial charge on any atom is 0.261 e. The molecule has 0 bridgehead atoms. The van der Waals surface area contributed by atoms with Gasteiger partial charge in [-0.3, -0.25) is 4.90 Å². The average Bonchev–Trinajstić information content (AvgIpc) is 2.60. The topological polar surface area (TPSA) is 3.24 Å². The Morgan fingerprint density at radius 1 is 1.35 bits per heavy atom. The van der Waals surface area contributed by atoms with Gasteiger partial charge in [0.25, 0.3) is 5.92 Å². The van der Waals surface area contributed by atoms with Gasteiger partial charge >= 0.3 is 0 Å². The fraction of sp³-hybridized carbons (Fsp3) is 0.500. The fourth-order valence-electron chi connectivity index (χ4n) is 2.01. The number of likely N-dealkylation sites (tertiary alicyclic amines) is 1. The number of nitrogens with zero attached hydrogens (tertiary/aromatic N) is 1. The number of halogens is 4.